The number of rotatable bonds is 5. The average molecular weight is 485 g/mol. The lowest BCUT2D eigenvalue weighted by Gasteiger charge is -2.41. The molecule has 5 heterocycles. The van der Waals surface area contributed by atoms with Crippen LogP contribution in [-0.2, 0) is 23.9 Å². The summed E-state index contributed by atoms with van der Waals surface area (Å²) in [7, 11) is 1.85. The Kier molecular flexibility index (Phi) is 5.65. The number of pyridine rings is 2. The molecular weight excluding hydrogens is 463 g/mol. The quantitative estimate of drug-likeness (QED) is 0.583. The maximum atomic E-state index is 12.8. The third kappa shape index (κ3) is 4.43. The van der Waals surface area contributed by atoms with Gasteiger partial charge in [-0.15, -0.1) is 0 Å². The summed E-state index contributed by atoms with van der Waals surface area (Å²) < 4.78 is 43.9. The number of nitrogens with zero attached hydrogens (tertiary/aromatic N) is 6. The van der Waals surface area contributed by atoms with E-state index in [1.54, 1.807) is 23.2 Å². The van der Waals surface area contributed by atoms with Gasteiger partial charge in [-0.25, -0.2) is 9.97 Å². The van der Waals surface area contributed by atoms with Gasteiger partial charge in [0.15, 0.2) is 5.82 Å². The lowest BCUT2D eigenvalue weighted by Crippen LogP contribution is -2.53. The summed E-state index contributed by atoms with van der Waals surface area (Å²) in [5.41, 5.74) is 1.40. The fourth-order valence-corrected chi connectivity index (χ4v) is 4.08. The molecule has 0 bridgehead atoms. The molecule has 2 aliphatic rings. The van der Waals surface area contributed by atoms with Crippen molar-refractivity contribution in [1.82, 2.24) is 19.9 Å². The highest BCUT2D eigenvalue weighted by atomic mass is 19.4. The van der Waals surface area contributed by atoms with Gasteiger partial charge in [0.25, 0.3) is 0 Å². The van der Waals surface area contributed by atoms with Crippen LogP contribution < -0.4 is 19.9 Å². The summed E-state index contributed by atoms with van der Waals surface area (Å²) in [6, 6.07) is 5.17. The van der Waals surface area contributed by atoms with E-state index in [-0.39, 0.29) is 23.6 Å². The Morgan fingerprint density at radius 3 is 2.77 bits per heavy atom. The number of nitrogens with one attached hydrogen (secondary N) is 1. The van der Waals surface area contributed by atoms with Crippen LogP contribution in [0.5, 0.6) is 11.6 Å². The van der Waals surface area contributed by atoms with Crippen molar-refractivity contribution in [1.29, 1.82) is 0 Å². The molecular formula is C23H22F3N7O2. The first kappa shape index (κ1) is 22.8. The minimum atomic E-state index is -4.56. The van der Waals surface area contributed by atoms with E-state index >= 15 is 0 Å². The Hall–Kier alpha value is -3.96. The van der Waals surface area contributed by atoms with E-state index in [0.717, 1.165) is 47.9 Å². The zero-order valence-electron chi connectivity index (χ0n) is 19.0. The Labute approximate surface area is 199 Å². The van der Waals surface area contributed by atoms with Crippen LogP contribution in [0.25, 0.3) is 0 Å². The number of aromatic nitrogens is 4. The molecule has 5 rings (SSSR count). The minimum absolute atomic E-state index is 0.00648. The number of ether oxygens (including phenoxy) is 1. The van der Waals surface area contributed by atoms with E-state index in [1.165, 1.54) is 6.07 Å². The highest BCUT2D eigenvalue weighted by Gasteiger charge is 2.38. The van der Waals surface area contributed by atoms with Crippen molar-refractivity contribution in [3.05, 3.63) is 53.6 Å². The van der Waals surface area contributed by atoms with Gasteiger partial charge in [0.1, 0.15) is 23.2 Å². The molecule has 3 aromatic heterocycles. The van der Waals surface area contributed by atoms with Crippen LogP contribution in [0.3, 0.4) is 0 Å². The summed E-state index contributed by atoms with van der Waals surface area (Å²) >= 11 is 0. The molecule has 0 aliphatic carbocycles. The molecule has 0 unspecified atom stereocenters. The van der Waals surface area contributed by atoms with Crippen molar-refractivity contribution < 1.29 is 22.7 Å². The van der Waals surface area contributed by atoms with Gasteiger partial charge in [-0.05, 0) is 31.4 Å². The Balaban J connectivity index is 1.28. The molecule has 12 heteroatoms. The molecule has 0 radical (unpaired) electrons. The molecule has 1 amide bonds. The summed E-state index contributed by atoms with van der Waals surface area (Å²) in [6.45, 7) is 2.91. The number of aryl methyl sites for hydroxylation is 1. The normalized spacial score (nSPS) is 17.3. The number of hydrogen-bond donors (Lipinski definition) is 1. The van der Waals surface area contributed by atoms with E-state index in [0.29, 0.717) is 19.0 Å². The van der Waals surface area contributed by atoms with Crippen LogP contribution >= 0.6 is 0 Å². The van der Waals surface area contributed by atoms with Gasteiger partial charge < -0.3 is 19.9 Å². The molecule has 182 valence electrons. The van der Waals surface area contributed by atoms with Gasteiger partial charge in [-0.1, -0.05) is 6.07 Å². The smallest absolute Gasteiger partial charge is 0.433 e. The van der Waals surface area contributed by atoms with E-state index in [4.69, 9.17) is 4.74 Å². The first-order valence-corrected chi connectivity index (χ1v) is 11.1. The first-order valence-electron chi connectivity index (χ1n) is 11.1. The largest absolute Gasteiger partial charge is 0.439 e. The third-order valence-corrected chi connectivity index (χ3v) is 6.03. The lowest BCUT2D eigenvalue weighted by atomic mass is 10.0. The summed E-state index contributed by atoms with van der Waals surface area (Å²) in [4.78, 5) is 33.1. The first-order chi connectivity index (χ1) is 16.7. The third-order valence-electron chi connectivity index (χ3n) is 6.03. The number of carbonyl (C=O) groups is 1. The van der Waals surface area contributed by atoms with Crippen molar-refractivity contribution in [2.75, 3.05) is 28.7 Å². The molecule has 2 aliphatic heterocycles. The zero-order valence-corrected chi connectivity index (χ0v) is 19.0. The summed E-state index contributed by atoms with van der Waals surface area (Å²) in [6.07, 6.45) is -0.344. The minimum Gasteiger partial charge on any atom is -0.439 e. The molecule has 1 N–H and O–H groups in total. The van der Waals surface area contributed by atoms with Crippen molar-refractivity contribution in [2.24, 2.45) is 0 Å². The second-order valence-electron chi connectivity index (χ2n) is 8.38. The van der Waals surface area contributed by atoms with E-state index in [2.05, 4.69) is 25.3 Å². The molecule has 0 saturated heterocycles. The summed E-state index contributed by atoms with van der Waals surface area (Å²) in [5, 5.41) is 3.20. The predicted octanol–water partition coefficient (Wildman–Crippen LogP) is 3.81. The SMILES string of the molecule is C[C@H]1C(=O)N2CCCc3nc(NCc4ccc(Oc5ccnc(C(F)(F)F)c5)nc4)nc(c32)N1C. The van der Waals surface area contributed by atoms with Gasteiger partial charge in [-0.2, -0.15) is 18.2 Å². The number of alkyl halides is 3. The maximum absolute atomic E-state index is 12.8. The van der Waals surface area contributed by atoms with Gasteiger partial charge >= 0.3 is 6.18 Å². The van der Waals surface area contributed by atoms with Gasteiger partial charge in [0.2, 0.25) is 17.7 Å². The fourth-order valence-electron chi connectivity index (χ4n) is 4.08. The standard InChI is InChI=1S/C23H22F3N7O2/c1-13-21(34)33-9-3-4-16-19(33)20(32(13)2)31-22(30-16)29-12-14-5-6-18(28-11-14)35-15-7-8-27-17(10-15)23(24,25)26/h5-8,10-11,13H,3-4,9,12H2,1-2H3,(H,29,30,31)/t13-/m0/s1. The van der Waals surface area contributed by atoms with Gasteiger partial charge in [-0.3, -0.25) is 9.78 Å². The monoisotopic (exact) mass is 485 g/mol. The van der Waals surface area contributed by atoms with Crippen LogP contribution in [0, 0.1) is 0 Å². The molecule has 0 spiro atoms. The van der Waals surface area contributed by atoms with Crippen LogP contribution in [-0.4, -0.2) is 45.5 Å². The van der Waals surface area contributed by atoms with E-state index < -0.39 is 11.9 Å². The summed E-state index contributed by atoms with van der Waals surface area (Å²) in [5.74, 6) is 1.38. The zero-order chi connectivity index (χ0) is 24.7. The molecule has 35 heavy (non-hydrogen) atoms. The van der Waals surface area contributed by atoms with E-state index in [9.17, 15) is 18.0 Å². The lowest BCUT2D eigenvalue weighted by molar-refractivity contribution is -0.141. The van der Waals surface area contributed by atoms with E-state index in [1.807, 2.05) is 18.9 Å². The van der Waals surface area contributed by atoms with Gasteiger partial charge in [0, 0.05) is 44.7 Å². The number of carbonyl (C=O) groups excluding carboxylic acids is 1. The number of amides is 1. The second kappa shape index (κ2) is 8.67. The fraction of sp³-hybridized carbons (Fsp3) is 0.348. The van der Waals surface area contributed by atoms with Crippen molar-refractivity contribution in [2.45, 2.75) is 38.5 Å². The Morgan fingerprint density at radius 2 is 2.03 bits per heavy atom. The van der Waals surface area contributed by atoms with Crippen LogP contribution in [0.4, 0.5) is 30.6 Å². The van der Waals surface area contributed by atoms with Crippen LogP contribution in [0.15, 0.2) is 36.7 Å². The second-order valence-corrected chi connectivity index (χ2v) is 8.38. The average Bonchev–Trinajstić information content (AvgIpc) is 2.85. The Morgan fingerprint density at radius 1 is 1.20 bits per heavy atom. The topological polar surface area (TPSA) is 96.4 Å². The number of anilines is 3. The highest BCUT2D eigenvalue weighted by Crippen LogP contribution is 2.39. The molecule has 3 aromatic rings. The molecule has 1 atom stereocenters. The molecule has 9 nitrogen and oxygen atoms in total. The van der Waals surface area contributed by atoms with Crippen LogP contribution in [0.2, 0.25) is 0 Å². The molecule has 0 fully saturated rings. The van der Waals surface area contributed by atoms with Crippen molar-refractivity contribution in [3.63, 3.8) is 0 Å². The Bertz CT molecular complexity index is 1270. The predicted molar refractivity (Wildman–Crippen MR) is 121 cm³/mol. The van der Waals surface area contributed by atoms with Gasteiger partial charge in [0.05, 0.1) is 5.69 Å². The maximum Gasteiger partial charge on any atom is 0.433 e. The van der Waals surface area contributed by atoms with Crippen molar-refractivity contribution in [3.8, 4) is 11.6 Å². The van der Waals surface area contributed by atoms with Crippen LogP contribution in [0.1, 0.15) is 30.3 Å². The number of likely N-dealkylation sites (N-methyl/N-ethyl adjacent to an activating group) is 1. The number of hydrogen-bond acceptors (Lipinski definition) is 8. The van der Waals surface area contributed by atoms with Crippen molar-refractivity contribution >= 4 is 23.4 Å². The molecule has 0 saturated carbocycles. The molecule has 0 aromatic carbocycles. The highest BCUT2D eigenvalue weighted by molar-refractivity contribution is 6.05. The number of halogens is 3.